The lowest BCUT2D eigenvalue weighted by Crippen LogP contribution is -2.07. The van der Waals surface area contributed by atoms with Crippen molar-refractivity contribution in [2.45, 2.75) is 13.3 Å². The van der Waals surface area contributed by atoms with E-state index < -0.39 is 5.63 Å². The number of hydrogen-bond donors (Lipinski definition) is 2. The zero-order valence-electron chi connectivity index (χ0n) is 11.5. The lowest BCUT2D eigenvalue weighted by atomic mass is 9.96. The maximum atomic E-state index is 12.3. The van der Waals surface area contributed by atoms with Gasteiger partial charge >= 0.3 is 5.63 Å². The lowest BCUT2D eigenvalue weighted by Gasteiger charge is -2.10. The first kappa shape index (κ1) is 13.2. The van der Waals surface area contributed by atoms with Crippen molar-refractivity contribution in [2.75, 3.05) is 0 Å². The summed E-state index contributed by atoms with van der Waals surface area (Å²) >= 11 is 0. The third-order valence-corrected chi connectivity index (χ3v) is 3.51. The molecule has 0 spiro atoms. The van der Waals surface area contributed by atoms with Crippen LogP contribution in [-0.2, 0) is 6.42 Å². The number of fused-ring (bicyclic) bond motifs is 1. The lowest BCUT2D eigenvalue weighted by molar-refractivity contribution is 0.472. The predicted molar refractivity (Wildman–Crippen MR) is 80.6 cm³/mol. The van der Waals surface area contributed by atoms with Gasteiger partial charge in [0.05, 0.1) is 5.56 Å². The Kier molecular flexibility index (Phi) is 3.14. The van der Waals surface area contributed by atoms with Crippen molar-refractivity contribution in [1.82, 2.24) is 0 Å². The number of phenols is 2. The first-order chi connectivity index (χ1) is 10.1. The molecule has 0 aliphatic rings. The maximum absolute atomic E-state index is 12.3. The van der Waals surface area contributed by atoms with Crippen molar-refractivity contribution in [2.24, 2.45) is 0 Å². The van der Waals surface area contributed by atoms with Gasteiger partial charge in [-0.3, -0.25) is 0 Å². The van der Waals surface area contributed by atoms with Gasteiger partial charge < -0.3 is 14.6 Å². The van der Waals surface area contributed by atoms with Gasteiger partial charge in [-0.25, -0.2) is 4.79 Å². The summed E-state index contributed by atoms with van der Waals surface area (Å²) in [5.74, 6) is 0.206. The van der Waals surface area contributed by atoms with Gasteiger partial charge in [-0.2, -0.15) is 0 Å². The van der Waals surface area contributed by atoms with E-state index in [-0.39, 0.29) is 11.5 Å². The van der Waals surface area contributed by atoms with Gasteiger partial charge in [0.1, 0.15) is 17.1 Å². The molecule has 0 radical (unpaired) electrons. The topological polar surface area (TPSA) is 70.7 Å². The molecule has 0 atom stereocenters. The van der Waals surface area contributed by atoms with E-state index in [1.807, 2.05) is 6.92 Å². The van der Waals surface area contributed by atoms with Gasteiger partial charge in [0.25, 0.3) is 0 Å². The summed E-state index contributed by atoms with van der Waals surface area (Å²) in [6.45, 7) is 1.96. The zero-order valence-corrected chi connectivity index (χ0v) is 11.5. The van der Waals surface area contributed by atoms with Crippen LogP contribution in [-0.4, -0.2) is 10.2 Å². The van der Waals surface area contributed by atoms with Crippen molar-refractivity contribution in [1.29, 1.82) is 0 Å². The summed E-state index contributed by atoms with van der Waals surface area (Å²) in [6.07, 6.45) is 0.656. The minimum atomic E-state index is -0.448. The Labute approximate surface area is 120 Å². The second kappa shape index (κ2) is 4.98. The standard InChI is InChI=1S/C17H14O4/c1-2-13-14-8-7-12(19)9-15(14)21-17(20)16(13)10-3-5-11(18)6-4-10/h3-9,18-19H,2H2,1H3. The van der Waals surface area contributed by atoms with E-state index >= 15 is 0 Å². The smallest absolute Gasteiger partial charge is 0.344 e. The summed E-state index contributed by atoms with van der Waals surface area (Å²) in [7, 11) is 0. The van der Waals surface area contributed by atoms with E-state index in [1.165, 1.54) is 18.2 Å². The molecule has 0 unspecified atom stereocenters. The molecule has 0 aliphatic carbocycles. The zero-order chi connectivity index (χ0) is 15.0. The largest absolute Gasteiger partial charge is 0.508 e. The molecule has 3 aromatic rings. The van der Waals surface area contributed by atoms with Gasteiger partial charge in [0, 0.05) is 11.5 Å². The molecule has 2 aromatic carbocycles. The van der Waals surface area contributed by atoms with Crippen LogP contribution < -0.4 is 5.63 Å². The van der Waals surface area contributed by atoms with Gasteiger partial charge in [-0.15, -0.1) is 0 Å². The molecule has 106 valence electrons. The van der Waals surface area contributed by atoms with E-state index in [4.69, 9.17) is 4.42 Å². The second-order valence-corrected chi connectivity index (χ2v) is 4.82. The molecule has 4 nitrogen and oxygen atoms in total. The van der Waals surface area contributed by atoms with E-state index in [9.17, 15) is 15.0 Å². The van der Waals surface area contributed by atoms with Crippen LogP contribution >= 0.6 is 0 Å². The van der Waals surface area contributed by atoms with Crippen LogP contribution in [0.2, 0.25) is 0 Å². The molecule has 0 fully saturated rings. The minimum Gasteiger partial charge on any atom is -0.508 e. The average molecular weight is 282 g/mol. The Morgan fingerprint density at radius 1 is 1.00 bits per heavy atom. The molecule has 3 rings (SSSR count). The third-order valence-electron chi connectivity index (χ3n) is 3.51. The van der Waals surface area contributed by atoms with Crippen molar-refractivity contribution in [3.63, 3.8) is 0 Å². The summed E-state index contributed by atoms with van der Waals surface area (Å²) in [5.41, 5.74) is 1.99. The van der Waals surface area contributed by atoms with E-state index in [1.54, 1.807) is 24.3 Å². The highest BCUT2D eigenvalue weighted by Crippen LogP contribution is 2.30. The van der Waals surface area contributed by atoms with Crippen molar-refractivity contribution >= 4 is 11.0 Å². The highest BCUT2D eigenvalue weighted by Gasteiger charge is 2.15. The predicted octanol–water partition coefficient (Wildman–Crippen LogP) is 3.43. The number of rotatable bonds is 2. The molecule has 0 amide bonds. The first-order valence-electron chi connectivity index (χ1n) is 6.68. The molecule has 21 heavy (non-hydrogen) atoms. The molecule has 0 saturated heterocycles. The van der Waals surface area contributed by atoms with E-state index in [2.05, 4.69) is 0 Å². The Bertz CT molecular complexity index is 860. The van der Waals surface area contributed by atoms with Gasteiger partial charge in [-0.1, -0.05) is 19.1 Å². The van der Waals surface area contributed by atoms with E-state index in [0.717, 1.165) is 10.9 Å². The van der Waals surface area contributed by atoms with Crippen molar-refractivity contribution in [3.05, 3.63) is 58.4 Å². The van der Waals surface area contributed by atoms with Crippen LogP contribution in [0, 0.1) is 0 Å². The fourth-order valence-electron chi connectivity index (χ4n) is 2.54. The highest BCUT2D eigenvalue weighted by molar-refractivity contribution is 5.87. The molecule has 0 saturated carbocycles. The molecular formula is C17H14O4. The SMILES string of the molecule is CCc1c(-c2ccc(O)cc2)c(=O)oc2cc(O)ccc12. The summed E-state index contributed by atoms with van der Waals surface area (Å²) in [4.78, 5) is 12.3. The van der Waals surface area contributed by atoms with Crippen LogP contribution in [0.5, 0.6) is 11.5 Å². The van der Waals surface area contributed by atoms with Crippen molar-refractivity contribution in [3.8, 4) is 22.6 Å². The molecule has 1 aromatic heterocycles. The minimum absolute atomic E-state index is 0.0603. The fraction of sp³-hybridized carbons (Fsp3) is 0.118. The molecule has 4 heteroatoms. The second-order valence-electron chi connectivity index (χ2n) is 4.82. The maximum Gasteiger partial charge on any atom is 0.344 e. The Hall–Kier alpha value is -2.75. The number of hydrogen-bond acceptors (Lipinski definition) is 4. The van der Waals surface area contributed by atoms with Crippen LogP contribution in [0.1, 0.15) is 12.5 Å². The first-order valence-corrected chi connectivity index (χ1v) is 6.68. The summed E-state index contributed by atoms with van der Waals surface area (Å²) in [6, 6.07) is 11.2. The molecule has 2 N–H and O–H groups in total. The van der Waals surface area contributed by atoms with Crippen LogP contribution in [0.25, 0.3) is 22.1 Å². The molecular weight excluding hydrogens is 268 g/mol. The number of phenolic OH excluding ortho intramolecular Hbond substituents is 2. The van der Waals surface area contributed by atoms with Gasteiger partial charge in [0.2, 0.25) is 0 Å². The average Bonchev–Trinajstić information content (AvgIpc) is 2.46. The van der Waals surface area contributed by atoms with Crippen molar-refractivity contribution < 1.29 is 14.6 Å². The number of aromatic hydroxyl groups is 2. The summed E-state index contributed by atoms with van der Waals surface area (Å²) in [5, 5.41) is 19.7. The Balaban J connectivity index is 2.37. The van der Waals surface area contributed by atoms with Crippen LogP contribution in [0.15, 0.2) is 51.7 Å². The monoisotopic (exact) mass is 282 g/mol. The number of aryl methyl sites for hydroxylation is 1. The highest BCUT2D eigenvalue weighted by atomic mass is 16.4. The Morgan fingerprint density at radius 2 is 1.67 bits per heavy atom. The third kappa shape index (κ3) is 2.25. The molecule has 1 heterocycles. The fourth-order valence-corrected chi connectivity index (χ4v) is 2.54. The van der Waals surface area contributed by atoms with Crippen LogP contribution in [0.4, 0.5) is 0 Å². The Morgan fingerprint density at radius 3 is 2.33 bits per heavy atom. The van der Waals surface area contributed by atoms with Gasteiger partial charge in [0.15, 0.2) is 0 Å². The molecule has 0 aliphatic heterocycles. The van der Waals surface area contributed by atoms with Gasteiger partial charge in [-0.05, 0) is 41.8 Å². The summed E-state index contributed by atoms with van der Waals surface area (Å²) < 4.78 is 5.32. The quantitative estimate of drug-likeness (QED) is 0.706. The number of benzene rings is 2. The molecule has 0 bridgehead atoms. The van der Waals surface area contributed by atoms with Crippen LogP contribution in [0.3, 0.4) is 0 Å². The van der Waals surface area contributed by atoms with E-state index in [0.29, 0.717) is 23.1 Å². The normalized spacial score (nSPS) is 10.9.